The molecule has 7 heteroatoms. The molecule has 26 heavy (non-hydrogen) atoms. The molecule has 3 rings (SSSR count). The molecule has 0 bridgehead atoms. The highest BCUT2D eigenvalue weighted by molar-refractivity contribution is 8.13. The highest BCUT2D eigenvalue weighted by atomic mass is 32.2. The van der Waals surface area contributed by atoms with Gasteiger partial charge in [-0.15, -0.1) is 0 Å². The van der Waals surface area contributed by atoms with Gasteiger partial charge in [0.2, 0.25) is 5.91 Å². The molecule has 1 aliphatic heterocycles. The minimum atomic E-state index is -0.207. The van der Waals surface area contributed by atoms with E-state index in [4.69, 9.17) is 9.47 Å². The number of thioether (sulfide) groups is 1. The average molecular weight is 372 g/mol. The van der Waals surface area contributed by atoms with Crippen LogP contribution in [0.15, 0.2) is 48.5 Å². The highest BCUT2D eigenvalue weighted by Gasteiger charge is 2.23. The number of anilines is 1. The molecular formula is C19H20N2O4S. The minimum absolute atomic E-state index is 0.0424. The number of nitrogens with zero attached hydrogens (tertiary/aromatic N) is 1. The Hall–Kier alpha value is -2.67. The van der Waals surface area contributed by atoms with Crippen LogP contribution in [0.2, 0.25) is 0 Å². The lowest BCUT2D eigenvalue weighted by Crippen LogP contribution is -2.33. The third-order valence-corrected chi connectivity index (χ3v) is 4.58. The van der Waals surface area contributed by atoms with Gasteiger partial charge in [-0.25, -0.2) is 0 Å². The molecule has 1 fully saturated rings. The zero-order valence-corrected chi connectivity index (χ0v) is 15.3. The summed E-state index contributed by atoms with van der Waals surface area (Å²) in [5.41, 5.74) is 0.661. The topological polar surface area (TPSA) is 67.9 Å². The Morgan fingerprint density at radius 2 is 1.69 bits per heavy atom. The van der Waals surface area contributed by atoms with Crippen LogP contribution in [0.3, 0.4) is 0 Å². The van der Waals surface area contributed by atoms with Crippen molar-refractivity contribution in [3.05, 3.63) is 48.5 Å². The monoisotopic (exact) mass is 372 g/mol. The lowest BCUT2D eigenvalue weighted by atomic mass is 10.3. The molecule has 1 aliphatic rings. The molecule has 0 atom stereocenters. The molecule has 136 valence electrons. The van der Waals surface area contributed by atoms with Crippen molar-refractivity contribution in [1.29, 1.82) is 0 Å². The highest BCUT2D eigenvalue weighted by Crippen LogP contribution is 2.25. The third kappa shape index (κ3) is 4.92. The summed E-state index contributed by atoms with van der Waals surface area (Å²) in [7, 11) is 0. The van der Waals surface area contributed by atoms with Crippen LogP contribution in [0.25, 0.3) is 0 Å². The van der Waals surface area contributed by atoms with E-state index >= 15 is 0 Å². The predicted molar refractivity (Wildman–Crippen MR) is 102 cm³/mol. The van der Waals surface area contributed by atoms with Gasteiger partial charge in [0.1, 0.15) is 23.8 Å². The zero-order chi connectivity index (χ0) is 18.4. The number of ether oxygens (including phenoxy) is 2. The summed E-state index contributed by atoms with van der Waals surface area (Å²) in [5.74, 6) is 2.70. The van der Waals surface area contributed by atoms with Crippen molar-refractivity contribution in [2.45, 2.75) is 6.92 Å². The largest absolute Gasteiger partial charge is 0.494 e. The van der Waals surface area contributed by atoms with E-state index in [2.05, 4.69) is 5.32 Å². The first-order chi connectivity index (χ1) is 12.6. The van der Waals surface area contributed by atoms with Crippen molar-refractivity contribution in [2.24, 2.45) is 0 Å². The number of rotatable bonds is 7. The molecule has 0 unspecified atom stereocenters. The van der Waals surface area contributed by atoms with Crippen LogP contribution < -0.4 is 14.8 Å². The number of benzene rings is 2. The molecule has 2 amide bonds. The molecule has 1 saturated heterocycles. The van der Waals surface area contributed by atoms with E-state index in [1.807, 2.05) is 31.2 Å². The number of nitrogens with one attached hydrogen (secondary N) is 1. The van der Waals surface area contributed by atoms with E-state index < -0.39 is 0 Å². The van der Waals surface area contributed by atoms with E-state index in [1.54, 1.807) is 29.2 Å². The van der Waals surface area contributed by atoms with Crippen molar-refractivity contribution in [3.63, 3.8) is 0 Å². The molecule has 2 aromatic rings. The van der Waals surface area contributed by atoms with E-state index in [-0.39, 0.29) is 17.7 Å². The molecule has 1 heterocycles. The second-order valence-corrected chi connectivity index (χ2v) is 6.66. The molecular weight excluding hydrogens is 352 g/mol. The van der Waals surface area contributed by atoms with Gasteiger partial charge < -0.3 is 19.7 Å². The van der Waals surface area contributed by atoms with Crippen LogP contribution >= 0.6 is 11.8 Å². The third-order valence-electron chi connectivity index (χ3n) is 3.69. The Balaban J connectivity index is 1.52. The average Bonchev–Trinajstić information content (AvgIpc) is 3.03. The van der Waals surface area contributed by atoms with Gasteiger partial charge in [-0.2, -0.15) is 0 Å². The standard InChI is InChI=1S/C19H20N2O4S/c1-2-24-15-7-9-17(10-8-15)25-16-5-3-14(4-6-16)20-18(22)13-21-11-12-26-19(21)23/h3-10H,2,11-13H2,1H3,(H,20,22). The van der Waals surface area contributed by atoms with Crippen LogP contribution in [0.1, 0.15) is 6.92 Å². The first-order valence-electron chi connectivity index (χ1n) is 8.36. The van der Waals surface area contributed by atoms with Crippen LogP contribution in [0.4, 0.5) is 10.5 Å². The summed E-state index contributed by atoms with van der Waals surface area (Å²) in [4.78, 5) is 25.1. The molecule has 6 nitrogen and oxygen atoms in total. The molecule has 0 saturated carbocycles. The van der Waals surface area contributed by atoms with Gasteiger partial charge in [0, 0.05) is 18.0 Å². The Bertz CT molecular complexity index is 762. The SMILES string of the molecule is CCOc1ccc(Oc2ccc(NC(=O)CN3CCSC3=O)cc2)cc1. The Morgan fingerprint density at radius 1 is 1.08 bits per heavy atom. The first-order valence-corrected chi connectivity index (χ1v) is 9.35. The molecule has 0 spiro atoms. The van der Waals surface area contributed by atoms with Crippen LogP contribution in [0.5, 0.6) is 17.2 Å². The van der Waals surface area contributed by atoms with Crippen molar-refractivity contribution >= 4 is 28.6 Å². The van der Waals surface area contributed by atoms with Crippen molar-refractivity contribution in [1.82, 2.24) is 4.90 Å². The van der Waals surface area contributed by atoms with Crippen molar-refractivity contribution < 1.29 is 19.1 Å². The fourth-order valence-electron chi connectivity index (χ4n) is 2.46. The van der Waals surface area contributed by atoms with Gasteiger partial charge in [0.05, 0.1) is 6.61 Å². The maximum absolute atomic E-state index is 12.0. The molecule has 0 aromatic heterocycles. The number of hydrogen-bond donors (Lipinski definition) is 1. The first kappa shape index (κ1) is 18.1. The quantitative estimate of drug-likeness (QED) is 0.796. The summed E-state index contributed by atoms with van der Waals surface area (Å²) in [6.07, 6.45) is 0. The number of carbonyl (C=O) groups is 2. The normalized spacial score (nSPS) is 13.6. The van der Waals surface area contributed by atoms with Gasteiger partial charge in [0.25, 0.3) is 5.24 Å². The molecule has 1 N–H and O–H groups in total. The maximum atomic E-state index is 12.0. The second kappa shape index (κ2) is 8.62. The van der Waals surface area contributed by atoms with E-state index in [0.717, 1.165) is 11.5 Å². The summed E-state index contributed by atoms with van der Waals surface area (Å²) >= 11 is 1.24. The molecule has 0 radical (unpaired) electrons. The summed E-state index contributed by atoms with van der Waals surface area (Å²) < 4.78 is 11.2. The van der Waals surface area contributed by atoms with Gasteiger partial charge in [-0.1, -0.05) is 11.8 Å². The second-order valence-electron chi connectivity index (χ2n) is 5.61. The summed E-state index contributed by atoms with van der Waals surface area (Å²) in [6.45, 7) is 3.26. The van der Waals surface area contributed by atoms with Crippen LogP contribution in [-0.2, 0) is 4.79 Å². The summed E-state index contributed by atoms with van der Waals surface area (Å²) in [5, 5.41) is 2.75. The minimum Gasteiger partial charge on any atom is -0.494 e. The van der Waals surface area contributed by atoms with E-state index in [9.17, 15) is 9.59 Å². The van der Waals surface area contributed by atoms with Gasteiger partial charge in [-0.05, 0) is 55.5 Å². The fourth-order valence-corrected chi connectivity index (χ4v) is 3.28. The predicted octanol–water partition coefficient (Wildman–Crippen LogP) is 3.98. The fraction of sp³-hybridized carbons (Fsp3) is 0.263. The Morgan fingerprint density at radius 3 is 2.27 bits per heavy atom. The van der Waals surface area contributed by atoms with Crippen LogP contribution in [0, 0.1) is 0 Å². The molecule has 0 aliphatic carbocycles. The van der Waals surface area contributed by atoms with Crippen molar-refractivity contribution in [3.8, 4) is 17.2 Å². The zero-order valence-electron chi connectivity index (χ0n) is 14.4. The number of carbonyl (C=O) groups excluding carboxylic acids is 2. The van der Waals surface area contributed by atoms with Gasteiger partial charge in [-0.3, -0.25) is 9.59 Å². The Kier molecular flexibility index (Phi) is 6.01. The van der Waals surface area contributed by atoms with E-state index in [1.165, 1.54) is 11.8 Å². The lowest BCUT2D eigenvalue weighted by Gasteiger charge is -2.14. The summed E-state index contributed by atoms with van der Waals surface area (Å²) in [6, 6.07) is 14.5. The Labute approximate surface area is 156 Å². The lowest BCUT2D eigenvalue weighted by molar-refractivity contribution is -0.116. The number of amides is 2. The van der Waals surface area contributed by atoms with Gasteiger partial charge >= 0.3 is 0 Å². The van der Waals surface area contributed by atoms with E-state index in [0.29, 0.717) is 30.3 Å². The van der Waals surface area contributed by atoms with Crippen molar-refractivity contribution in [2.75, 3.05) is 30.8 Å². The van der Waals surface area contributed by atoms with Gasteiger partial charge in [0.15, 0.2) is 0 Å². The number of hydrogen-bond acceptors (Lipinski definition) is 5. The van der Waals surface area contributed by atoms with Crippen LogP contribution in [-0.4, -0.2) is 41.5 Å². The smallest absolute Gasteiger partial charge is 0.282 e. The molecule has 2 aromatic carbocycles. The maximum Gasteiger partial charge on any atom is 0.282 e.